The summed E-state index contributed by atoms with van der Waals surface area (Å²) in [5.41, 5.74) is 1.60. The number of benzene rings is 2. The van der Waals surface area contributed by atoms with Crippen LogP contribution in [0.3, 0.4) is 0 Å². The van der Waals surface area contributed by atoms with Gasteiger partial charge in [-0.15, -0.1) is 0 Å². The molecule has 0 aliphatic heterocycles. The molecule has 1 aliphatic rings. The maximum atomic E-state index is 13.4. The molecule has 2 aromatic rings. The number of hydrogen-bond acceptors (Lipinski definition) is 2. The Labute approximate surface area is 205 Å². The number of halogens is 3. The SMILES string of the molecule is CC[C@@H](C(=O)NC1CCCCC1)N(Cc1ccc(Cl)cc1Cl)C(=O)Cc1ccc(Cl)cc1. The summed E-state index contributed by atoms with van der Waals surface area (Å²) in [6.07, 6.45) is 6.13. The normalized spacial score (nSPS) is 15.2. The van der Waals surface area contributed by atoms with E-state index in [4.69, 9.17) is 34.8 Å². The molecule has 1 fully saturated rings. The van der Waals surface area contributed by atoms with Crippen molar-refractivity contribution in [2.24, 2.45) is 0 Å². The van der Waals surface area contributed by atoms with Gasteiger partial charge in [-0.2, -0.15) is 0 Å². The quantitative estimate of drug-likeness (QED) is 0.458. The van der Waals surface area contributed by atoms with Crippen molar-refractivity contribution in [1.82, 2.24) is 10.2 Å². The number of hydrogen-bond donors (Lipinski definition) is 1. The highest BCUT2D eigenvalue weighted by atomic mass is 35.5. The van der Waals surface area contributed by atoms with Crippen LogP contribution in [0.2, 0.25) is 15.1 Å². The Balaban J connectivity index is 1.83. The minimum Gasteiger partial charge on any atom is -0.352 e. The first-order chi connectivity index (χ1) is 15.4. The molecule has 1 saturated carbocycles. The van der Waals surface area contributed by atoms with Gasteiger partial charge in [0.25, 0.3) is 0 Å². The zero-order valence-corrected chi connectivity index (χ0v) is 20.5. The predicted molar refractivity (Wildman–Crippen MR) is 131 cm³/mol. The van der Waals surface area contributed by atoms with Crippen LogP contribution in [0.4, 0.5) is 0 Å². The van der Waals surface area contributed by atoms with Crippen molar-refractivity contribution in [3.63, 3.8) is 0 Å². The first-order valence-corrected chi connectivity index (χ1v) is 12.3. The van der Waals surface area contributed by atoms with Crippen LogP contribution in [0, 0.1) is 0 Å². The lowest BCUT2D eigenvalue weighted by molar-refractivity contribution is -0.141. The van der Waals surface area contributed by atoms with E-state index in [2.05, 4.69) is 5.32 Å². The fourth-order valence-corrected chi connectivity index (χ4v) is 4.77. The Morgan fingerprint density at radius 1 is 1.00 bits per heavy atom. The Bertz CT molecular complexity index is 927. The molecule has 0 unspecified atom stereocenters. The van der Waals surface area contributed by atoms with Gasteiger partial charge in [-0.1, -0.05) is 79.2 Å². The minimum atomic E-state index is -0.580. The predicted octanol–water partition coefficient (Wildman–Crippen LogP) is 6.45. The zero-order chi connectivity index (χ0) is 23.1. The summed E-state index contributed by atoms with van der Waals surface area (Å²) in [5.74, 6) is -0.238. The molecule has 2 amide bonds. The Hall–Kier alpha value is -1.75. The average molecular weight is 496 g/mol. The maximum Gasteiger partial charge on any atom is 0.243 e. The van der Waals surface area contributed by atoms with Gasteiger partial charge < -0.3 is 10.2 Å². The Kier molecular flexibility index (Phi) is 9.27. The van der Waals surface area contributed by atoms with E-state index in [1.54, 1.807) is 35.2 Å². The molecule has 0 bridgehead atoms. The topological polar surface area (TPSA) is 49.4 Å². The third kappa shape index (κ3) is 6.87. The molecule has 32 heavy (non-hydrogen) atoms. The van der Waals surface area contributed by atoms with Crippen LogP contribution >= 0.6 is 34.8 Å². The fraction of sp³-hybridized carbons (Fsp3) is 0.440. The first kappa shape index (κ1) is 24.9. The highest BCUT2D eigenvalue weighted by Gasteiger charge is 2.30. The molecule has 2 aromatic carbocycles. The van der Waals surface area contributed by atoms with Crippen LogP contribution in [-0.2, 0) is 22.6 Å². The highest BCUT2D eigenvalue weighted by Crippen LogP contribution is 2.25. The molecule has 0 heterocycles. The second kappa shape index (κ2) is 11.9. The fourth-order valence-electron chi connectivity index (χ4n) is 4.18. The van der Waals surface area contributed by atoms with Crippen LogP contribution in [0.15, 0.2) is 42.5 Å². The monoisotopic (exact) mass is 494 g/mol. The van der Waals surface area contributed by atoms with E-state index >= 15 is 0 Å². The van der Waals surface area contributed by atoms with Crippen LogP contribution in [0.25, 0.3) is 0 Å². The molecule has 0 saturated heterocycles. The van der Waals surface area contributed by atoms with Gasteiger partial charge in [0.05, 0.1) is 6.42 Å². The van der Waals surface area contributed by atoms with Gasteiger partial charge in [0.1, 0.15) is 6.04 Å². The summed E-state index contributed by atoms with van der Waals surface area (Å²) in [6, 6.07) is 12.0. The zero-order valence-electron chi connectivity index (χ0n) is 18.3. The number of nitrogens with zero attached hydrogens (tertiary/aromatic N) is 1. The van der Waals surface area contributed by atoms with Gasteiger partial charge in [0.15, 0.2) is 0 Å². The lowest BCUT2D eigenvalue weighted by atomic mass is 9.95. The van der Waals surface area contributed by atoms with Crippen molar-refractivity contribution >= 4 is 46.6 Å². The minimum absolute atomic E-state index is 0.103. The molecule has 4 nitrogen and oxygen atoms in total. The van der Waals surface area contributed by atoms with Crippen molar-refractivity contribution in [1.29, 1.82) is 0 Å². The summed E-state index contributed by atoms with van der Waals surface area (Å²) >= 11 is 18.4. The standard InChI is InChI=1S/C25H29Cl3N2O2/c1-2-23(25(32)29-21-6-4-3-5-7-21)30(16-18-10-13-20(27)15-22(18)28)24(31)14-17-8-11-19(26)12-9-17/h8-13,15,21,23H,2-7,14,16H2,1H3,(H,29,32)/t23-/m0/s1. The van der Waals surface area contributed by atoms with Crippen LogP contribution in [-0.4, -0.2) is 28.8 Å². The van der Waals surface area contributed by atoms with Crippen molar-refractivity contribution in [2.45, 2.75) is 70.5 Å². The van der Waals surface area contributed by atoms with Crippen molar-refractivity contribution in [3.05, 3.63) is 68.7 Å². The second-order valence-electron chi connectivity index (χ2n) is 8.33. The summed E-state index contributed by atoms with van der Waals surface area (Å²) in [5, 5.41) is 4.80. The molecular formula is C25H29Cl3N2O2. The van der Waals surface area contributed by atoms with Gasteiger partial charge in [0, 0.05) is 27.7 Å². The molecule has 3 rings (SSSR count). The van der Waals surface area contributed by atoms with Crippen LogP contribution in [0.5, 0.6) is 0 Å². The molecule has 0 spiro atoms. The number of rotatable bonds is 8. The Morgan fingerprint density at radius 3 is 2.28 bits per heavy atom. The number of carbonyl (C=O) groups excluding carboxylic acids is 2. The maximum absolute atomic E-state index is 13.4. The molecule has 1 atom stereocenters. The third-order valence-corrected chi connectivity index (χ3v) is 6.80. The molecule has 0 aromatic heterocycles. The number of nitrogens with one attached hydrogen (secondary N) is 1. The first-order valence-electron chi connectivity index (χ1n) is 11.2. The van der Waals surface area contributed by atoms with E-state index < -0.39 is 6.04 Å². The van der Waals surface area contributed by atoms with E-state index in [0.29, 0.717) is 21.5 Å². The van der Waals surface area contributed by atoms with Crippen molar-refractivity contribution in [3.8, 4) is 0 Å². The molecule has 0 radical (unpaired) electrons. The van der Waals surface area contributed by atoms with E-state index in [9.17, 15) is 9.59 Å². The summed E-state index contributed by atoms with van der Waals surface area (Å²) < 4.78 is 0. The van der Waals surface area contributed by atoms with E-state index in [-0.39, 0.29) is 30.8 Å². The third-order valence-electron chi connectivity index (χ3n) is 5.96. The second-order valence-corrected chi connectivity index (χ2v) is 9.61. The van der Waals surface area contributed by atoms with E-state index in [1.807, 2.05) is 19.1 Å². The average Bonchev–Trinajstić information content (AvgIpc) is 2.77. The highest BCUT2D eigenvalue weighted by molar-refractivity contribution is 6.35. The molecule has 7 heteroatoms. The molecular weight excluding hydrogens is 467 g/mol. The summed E-state index contributed by atoms with van der Waals surface area (Å²) in [6.45, 7) is 2.16. The van der Waals surface area contributed by atoms with Crippen LogP contribution in [0.1, 0.15) is 56.6 Å². The molecule has 1 N–H and O–H groups in total. The van der Waals surface area contributed by atoms with E-state index in [1.165, 1.54) is 6.42 Å². The van der Waals surface area contributed by atoms with Gasteiger partial charge in [-0.25, -0.2) is 0 Å². The molecule has 172 valence electrons. The number of carbonyl (C=O) groups is 2. The van der Waals surface area contributed by atoms with Gasteiger partial charge in [-0.3, -0.25) is 9.59 Å². The lowest BCUT2D eigenvalue weighted by Crippen LogP contribution is -2.52. The number of amides is 2. The summed E-state index contributed by atoms with van der Waals surface area (Å²) in [7, 11) is 0. The smallest absolute Gasteiger partial charge is 0.243 e. The Morgan fingerprint density at radius 2 is 1.66 bits per heavy atom. The molecule has 1 aliphatic carbocycles. The lowest BCUT2D eigenvalue weighted by Gasteiger charge is -2.33. The van der Waals surface area contributed by atoms with Crippen molar-refractivity contribution in [2.75, 3.05) is 0 Å². The van der Waals surface area contributed by atoms with Gasteiger partial charge in [0.2, 0.25) is 11.8 Å². The van der Waals surface area contributed by atoms with Crippen LogP contribution < -0.4 is 5.32 Å². The van der Waals surface area contributed by atoms with Gasteiger partial charge >= 0.3 is 0 Å². The largest absolute Gasteiger partial charge is 0.352 e. The van der Waals surface area contributed by atoms with Crippen molar-refractivity contribution < 1.29 is 9.59 Å². The summed E-state index contributed by atoms with van der Waals surface area (Å²) in [4.78, 5) is 28.3. The van der Waals surface area contributed by atoms with Gasteiger partial charge in [-0.05, 0) is 54.7 Å². The van der Waals surface area contributed by atoms with E-state index in [0.717, 1.165) is 36.8 Å².